The number of ether oxygens (including phenoxy) is 1. The zero-order valence-electron chi connectivity index (χ0n) is 17.1. The number of nitrogens with zero attached hydrogens (tertiary/aromatic N) is 2. The Bertz CT molecular complexity index is 960. The molecular formula is C23H26N2O3. The van der Waals surface area contributed by atoms with Crippen molar-refractivity contribution in [3.8, 4) is 17.6 Å². The topological polar surface area (TPSA) is 64.4 Å². The normalized spacial score (nSPS) is 10.0. The van der Waals surface area contributed by atoms with Gasteiger partial charge in [-0.15, -0.1) is 0 Å². The van der Waals surface area contributed by atoms with Crippen molar-refractivity contribution < 1.29 is 14.5 Å². The summed E-state index contributed by atoms with van der Waals surface area (Å²) < 4.78 is 5.47. The summed E-state index contributed by atoms with van der Waals surface area (Å²) in [6.45, 7) is 6.07. The molecule has 146 valence electrons. The van der Waals surface area contributed by atoms with Crippen LogP contribution in [0, 0.1) is 18.3 Å². The van der Waals surface area contributed by atoms with Gasteiger partial charge in [0.15, 0.2) is 5.75 Å². The third-order valence-electron chi connectivity index (χ3n) is 4.21. The van der Waals surface area contributed by atoms with Crippen LogP contribution in [0.2, 0.25) is 0 Å². The zero-order chi connectivity index (χ0) is 20.5. The third-order valence-corrected chi connectivity index (χ3v) is 4.21. The van der Waals surface area contributed by atoms with E-state index in [9.17, 15) is 5.26 Å². The van der Waals surface area contributed by atoms with E-state index in [-0.39, 0.29) is 6.42 Å². The lowest BCUT2D eigenvalue weighted by Gasteiger charge is -2.14. The van der Waals surface area contributed by atoms with E-state index in [4.69, 9.17) is 14.5 Å². The van der Waals surface area contributed by atoms with Gasteiger partial charge in [0.2, 0.25) is 5.75 Å². The zero-order valence-corrected chi connectivity index (χ0v) is 17.1. The van der Waals surface area contributed by atoms with Crippen molar-refractivity contribution in [1.82, 2.24) is 4.98 Å². The van der Waals surface area contributed by atoms with Crippen LogP contribution in [0.1, 0.15) is 36.1 Å². The maximum absolute atomic E-state index is 9.18. The van der Waals surface area contributed by atoms with Gasteiger partial charge < -0.3 is 9.62 Å². The molecule has 0 aliphatic carbocycles. The van der Waals surface area contributed by atoms with E-state index < -0.39 is 0 Å². The maximum atomic E-state index is 9.18. The van der Waals surface area contributed by atoms with E-state index in [1.54, 1.807) is 13.2 Å². The van der Waals surface area contributed by atoms with Gasteiger partial charge >= 0.3 is 0 Å². The first kappa shape index (κ1) is 21.2. The van der Waals surface area contributed by atoms with Crippen molar-refractivity contribution >= 4 is 10.9 Å². The fourth-order valence-corrected chi connectivity index (χ4v) is 2.97. The Hall–Kier alpha value is -3.10. The Morgan fingerprint density at radius 2 is 1.75 bits per heavy atom. The van der Waals surface area contributed by atoms with Crippen LogP contribution in [-0.4, -0.2) is 19.2 Å². The van der Waals surface area contributed by atoms with Gasteiger partial charge in [-0.05, 0) is 42.2 Å². The second kappa shape index (κ2) is 10.3. The molecule has 0 aliphatic heterocycles. The van der Waals surface area contributed by atoms with Crippen LogP contribution in [-0.2, 0) is 17.7 Å². The minimum Gasteiger partial charge on any atom is -0.491 e. The molecule has 28 heavy (non-hydrogen) atoms. The van der Waals surface area contributed by atoms with Gasteiger partial charge in [-0.3, -0.25) is 4.98 Å². The predicted molar refractivity (Wildman–Crippen MR) is 111 cm³/mol. The van der Waals surface area contributed by atoms with Crippen molar-refractivity contribution in [2.45, 2.75) is 33.6 Å². The third kappa shape index (κ3) is 4.79. The van der Waals surface area contributed by atoms with Crippen molar-refractivity contribution in [2.24, 2.45) is 0 Å². The molecule has 3 aromatic rings. The number of pyridine rings is 1. The van der Waals surface area contributed by atoms with E-state index in [0.29, 0.717) is 17.0 Å². The van der Waals surface area contributed by atoms with Gasteiger partial charge in [0.25, 0.3) is 0 Å². The van der Waals surface area contributed by atoms with Crippen LogP contribution >= 0.6 is 0 Å². The Labute approximate surface area is 166 Å². The number of benzene rings is 2. The summed E-state index contributed by atoms with van der Waals surface area (Å²) in [7, 11) is 2.98. The number of methoxy groups -OCH3 is 1. The molecule has 0 spiro atoms. The molecule has 0 amide bonds. The van der Waals surface area contributed by atoms with Crippen molar-refractivity contribution in [3.05, 3.63) is 64.8 Å². The lowest BCUT2D eigenvalue weighted by molar-refractivity contribution is -0.179. The fraction of sp³-hybridized carbons (Fsp3) is 0.304. The standard InChI is InChI=1S/C21H20N2O3.C2H6/c1-14-4-6-15(7-5-14)10-16-11-18-17(8-9-22)12-19(26-25-3)21(24-2)20(18)23-13-16;1-2/h4-7,11-13H,8,10H2,1-3H3;1-2H3. The number of rotatable bonds is 6. The Balaban J connectivity index is 0.00000136. The van der Waals surface area contributed by atoms with E-state index in [2.05, 4.69) is 48.3 Å². The molecule has 0 unspecified atom stereocenters. The molecule has 5 nitrogen and oxygen atoms in total. The summed E-state index contributed by atoms with van der Waals surface area (Å²) in [5.74, 6) is 0.900. The summed E-state index contributed by atoms with van der Waals surface area (Å²) in [5.41, 5.74) is 5.00. The Morgan fingerprint density at radius 1 is 1.04 bits per heavy atom. The van der Waals surface area contributed by atoms with Gasteiger partial charge in [-0.2, -0.15) is 10.1 Å². The number of aromatic nitrogens is 1. The van der Waals surface area contributed by atoms with E-state index in [1.165, 1.54) is 18.2 Å². The van der Waals surface area contributed by atoms with Crippen LogP contribution < -0.4 is 9.62 Å². The molecule has 0 saturated carbocycles. The van der Waals surface area contributed by atoms with Crippen molar-refractivity contribution in [3.63, 3.8) is 0 Å². The molecule has 0 fully saturated rings. The van der Waals surface area contributed by atoms with E-state index in [1.807, 2.05) is 20.0 Å². The molecule has 1 heterocycles. The number of hydrogen-bond donors (Lipinski definition) is 0. The molecule has 0 N–H and O–H groups in total. The first-order valence-electron chi connectivity index (χ1n) is 9.28. The summed E-state index contributed by atoms with van der Waals surface area (Å²) in [6.07, 6.45) is 2.85. The highest BCUT2D eigenvalue weighted by atomic mass is 17.2. The van der Waals surface area contributed by atoms with Crippen LogP contribution in [0.15, 0.2) is 42.6 Å². The smallest absolute Gasteiger partial charge is 0.209 e. The predicted octanol–water partition coefficient (Wildman–Crippen LogP) is 5.18. The van der Waals surface area contributed by atoms with Gasteiger partial charge in [-0.25, -0.2) is 0 Å². The highest BCUT2D eigenvalue weighted by Gasteiger charge is 2.17. The minimum absolute atomic E-state index is 0.246. The Kier molecular flexibility index (Phi) is 7.79. The van der Waals surface area contributed by atoms with Crippen LogP contribution in [0.25, 0.3) is 10.9 Å². The molecule has 0 aliphatic rings. The Morgan fingerprint density at radius 3 is 2.36 bits per heavy atom. The molecule has 3 rings (SSSR count). The number of nitriles is 1. The monoisotopic (exact) mass is 378 g/mol. The average molecular weight is 378 g/mol. The van der Waals surface area contributed by atoms with Crippen LogP contribution in [0.3, 0.4) is 0 Å². The minimum atomic E-state index is 0.246. The number of fused-ring (bicyclic) bond motifs is 1. The molecule has 0 saturated heterocycles. The van der Waals surface area contributed by atoms with E-state index in [0.717, 1.165) is 22.9 Å². The molecule has 5 heteroatoms. The largest absolute Gasteiger partial charge is 0.491 e. The SMILES string of the molecule is CC.COOc1cc(CC#N)c2cc(Cc3ccc(C)cc3)cnc2c1OC. The highest BCUT2D eigenvalue weighted by molar-refractivity contribution is 5.90. The van der Waals surface area contributed by atoms with Crippen LogP contribution in [0.5, 0.6) is 11.5 Å². The summed E-state index contributed by atoms with van der Waals surface area (Å²) in [4.78, 5) is 14.5. The van der Waals surface area contributed by atoms with Gasteiger partial charge in [0.1, 0.15) is 5.52 Å². The lowest BCUT2D eigenvalue weighted by Crippen LogP contribution is -2.00. The number of hydrogen-bond acceptors (Lipinski definition) is 5. The molecule has 0 bridgehead atoms. The first-order chi connectivity index (χ1) is 13.7. The second-order valence-electron chi connectivity index (χ2n) is 6.05. The number of aryl methyl sites for hydroxylation is 1. The van der Waals surface area contributed by atoms with Crippen LogP contribution in [0.4, 0.5) is 0 Å². The fourth-order valence-electron chi connectivity index (χ4n) is 2.97. The van der Waals surface area contributed by atoms with Gasteiger partial charge in [0.05, 0.1) is 26.7 Å². The van der Waals surface area contributed by atoms with Crippen molar-refractivity contribution in [2.75, 3.05) is 14.2 Å². The summed E-state index contributed by atoms with van der Waals surface area (Å²) >= 11 is 0. The molecular weight excluding hydrogens is 352 g/mol. The lowest BCUT2D eigenvalue weighted by atomic mass is 10.00. The molecule has 0 radical (unpaired) electrons. The van der Waals surface area contributed by atoms with Gasteiger partial charge in [0, 0.05) is 11.6 Å². The molecule has 2 aromatic carbocycles. The quantitative estimate of drug-likeness (QED) is 0.437. The first-order valence-corrected chi connectivity index (χ1v) is 9.28. The van der Waals surface area contributed by atoms with Gasteiger partial charge in [-0.1, -0.05) is 43.7 Å². The maximum Gasteiger partial charge on any atom is 0.209 e. The summed E-state index contributed by atoms with van der Waals surface area (Å²) in [5, 5.41) is 10.1. The average Bonchev–Trinajstić information content (AvgIpc) is 2.72. The second-order valence-corrected chi connectivity index (χ2v) is 6.05. The van der Waals surface area contributed by atoms with E-state index >= 15 is 0 Å². The summed E-state index contributed by atoms with van der Waals surface area (Å²) in [6, 6.07) is 14.5. The molecule has 1 aromatic heterocycles. The molecule has 0 atom stereocenters. The highest BCUT2D eigenvalue weighted by Crippen LogP contribution is 2.37. The van der Waals surface area contributed by atoms with Crippen molar-refractivity contribution in [1.29, 1.82) is 5.26 Å².